The average molecular weight is 205 g/mol. The monoisotopic (exact) mass is 205 g/mol. The largest absolute Gasteiger partial charge is 0.507 e. The highest BCUT2D eigenvalue weighted by atomic mass is 19.4. The zero-order chi connectivity index (χ0) is 11.2. The molecule has 1 rings (SSSR count). The molecule has 2 N–H and O–H groups in total. The van der Waals surface area contributed by atoms with Crippen molar-refractivity contribution in [3.05, 3.63) is 29.8 Å². The van der Waals surface area contributed by atoms with Gasteiger partial charge in [0.2, 0.25) is 6.08 Å². The Labute approximate surface area is 77.3 Å². The molecule has 0 spiro atoms. The van der Waals surface area contributed by atoms with Gasteiger partial charge in [-0.3, -0.25) is 0 Å². The molecular weight excluding hydrogens is 199 g/mol. The molecule has 0 bridgehead atoms. The van der Waals surface area contributed by atoms with Crippen LogP contribution in [0.3, 0.4) is 0 Å². The molecule has 6 heteroatoms. The Bertz CT molecular complexity index is 330. The van der Waals surface area contributed by atoms with E-state index in [1.54, 1.807) is 0 Å². The summed E-state index contributed by atoms with van der Waals surface area (Å²) >= 11 is 0. The second kappa shape index (κ2) is 5.04. The molecule has 0 heterocycles. The number of alkyl halides is 3. The van der Waals surface area contributed by atoms with Gasteiger partial charge in [-0.15, -0.1) is 0 Å². The van der Waals surface area contributed by atoms with Gasteiger partial charge in [0.25, 0.3) is 0 Å². The molecule has 0 unspecified atom stereocenters. The maximum Gasteiger partial charge on any atom is 0.419 e. The summed E-state index contributed by atoms with van der Waals surface area (Å²) < 4.78 is 35.7. The number of aromatic hydroxyl groups is 1. The quantitative estimate of drug-likeness (QED) is 0.504. The van der Waals surface area contributed by atoms with Crippen LogP contribution >= 0.6 is 0 Å². The van der Waals surface area contributed by atoms with Crippen molar-refractivity contribution >= 4 is 6.08 Å². The summed E-state index contributed by atoms with van der Waals surface area (Å²) in [4.78, 5) is 8.35. The van der Waals surface area contributed by atoms with Crippen molar-refractivity contribution in [2.75, 3.05) is 0 Å². The number of halogens is 3. The second-order valence-corrected chi connectivity index (χ2v) is 2.12. The first-order valence-electron chi connectivity index (χ1n) is 3.32. The lowest BCUT2D eigenvalue weighted by molar-refractivity contribution is -0.138. The molecule has 1 aromatic rings. The lowest BCUT2D eigenvalue weighted by Crippen LogP contribution is -2.04. The predicted octanol–water partition coefficient (Wildman–Crippen LogP) is 2.31. The van der Waals surface area contributed by atoms with E-state index in [-0.39, 0.29) is 0 Å². The number of phenols is 1. The predicted molar refractivity (Wildman–Crippen MR) is 41.5 cm³/mol. The molecule has 0 atom stereocenters. The van der Waals surface area contributed by atoms with Gasteiger partial charge in [-0.05, 0) is 12.1 Å². The number of hydrogen-bond acceptors (Lipinski definition) is 3. The number of hydrogen-bond donors (Lipinski definition) is 2. The Morgan fingerprint density at radius 2 is 1.71 bits per heavy atom. The summed E-state index contributed by atoms with van der Waals surface area (Å²) in [6.07, 6.45) is -3.72. The molecule has 0 saturated heterocycles. The minimum atomic E-state index is -4.47. The molecule has 3 nitrogen and oxygen atoms in total. The third-order valence-electron chi connectivity index (χ3n) is 1.21. The van der Waals surface area contributed by atoms with E-state index in [1.165, 1.54) is 12.1 Å². The minimum absolute atomic E-state index is 0.736. The van der Waals surface area contributed by atoms with Crippen LogP contribution in [0.5, 0.6) is 5.75 Å². The summed E-state index contributed by atoms with van der Waals surface area (Å²) in [7, 11) is 0. The van der Waals surface area contributed by atoms with Gasteiger partial charge in [-0.2, -0.15) is 13.2 Å². The fourth-order valence-corrected chi connectivity index (χ4v) is 0.713. The second-order valence-electron chi connectivity index (χ2n) is 2.12. The molecule has 0 aliphatic carbocycles. The van der Waals surface area contributed by atoms with Gasteiger partial charge in [0.1, 0.15) is 5.75 Å². The van der Waals surface area contributed by atoms with Crippen LogP contribution in [-0.2, 0) is 11.0 Å². The van der Waals surface area contributed by atoms with Crippen LogP contribution in [0.25, 0.3) is 0 Å². The van der Waals surface area contributed by atoms with E-state index in [1.807, 2.05) is 0 Å². The molecule has 0 fully saturated rings. The average Bonchev–Trinajstić information content (AvgIpc) is 2.04. The van der Waals surface area contributed by atoms with Crippen LogP contribution in [0.2, 0.25) is 0 Å². The molecule has 0 amide bonds. The zero-order valence-corrected chi connectivity index (χ0v) is 6.80. The molecular formula is C8H6F3NO2. The van der Waals surface area contributed by atoms with E-state index in [0.717, 1.165) is 18.2 Å². The normalized spacial score (nSPS) is 9.64. The number of phenolic OH excluding ortho intramolecular Hbond substituents is 1. The highest BCUT2D eigenvalue weighted by Gasteiger charge is 2.33. The Hall–Kier alpha value is -1.81. The van der Waals surface area contributed by atoms with Crippen LogP contribution < -0.4 is 0 Å². The van der Waals surface area contributed by atoms with E-state index < -0.39 is 17.5 Å². The molecule has 0 aromatic heterocycles. The highest BCUT2D eigenvalue weighted by molar-refractivity contribution is 5.33. The van der Waals surface area contributed by atoms with Crippen LogP contribution in [-0.4, -0.2) is 11.2 Å². The number of para-hydroxylation sites is 1. The SMILES string of the molecule is N=C=O.Oc1ccccc1C(F)(F)F. The van der Waals surface area contributed by atoms with Gasteiger partial charge in [-0.1, -0.05) is 12.1 Å². The number of rotatable bonds is 0. The Morgan fingerprint density at radius 1 is 1.29 bits per heavy atom. The van der Waals surface area contributed by atoms with Crippen LogP contribution in [0.4, 0.5) is 13.2 Å². The van der Waals surface area contributed by atoms with Crippen LogP contribution in [0.15, 0.2) is 24.3 Å². The first kappa shape index (κ1) is 12.2. The lowest BCUT2D eigenvalue weighted by Gasteiger charge is -2.06. The van der Waals surface area contributed by atoms with Crippen molar-refractivity contribution < 1.29 is 23.1 Å². The maximum absolute atomic E-state index is 11.9. The molecule has 14 heavy (non-hydrogen) atoms. The standard InChI is InChI=1S/C7H5F3O.CHNO/c8-7(9,10)5-3-1-2-4-6(5)11;2-1-3/h1-4,11H;2H. The van der Waals surface area contributed by atoms with Gasteiger partial charge in [0.15, 0.2) is 0 Å². The van der Waals surface area contributed by atoms with E-state index in [2.05, 4.69) is 0 Å². The van der Waals surface area contributed by atoms with Gasteiger partial charge in [-0.25, -0.2) is 10.2 Å². The topological polar surface area (TPSA) is 61.2 Å². The third kappa shape index (κ3) is 3.73. The van der Waals surface area contributed by atoms with Crippen molar-refractivity contribution in [1.82, 2.24) is 0 Å². The van der Waals surface area contributed by atoms with Crippen molar-refractivity contribution in [3.63, 3.8) is 0 Å². The first-order chi connectivity index (χ1) is 6.43. The molecule has 0 aliphatic rings. The Balaban J connectivity index is 0.000000500. The summed E-state index contributed by atoms with van der Waals surface area (Å²) in [5.74, 6) is -0.736. The number of carbonyl (C=O) groups excluding carboxylic acids is 1. The molecule has 1 aromatic carbocycles. The Morgan fingerprint density at radius 3 is 2.00 bits per heavy atom. The summed E-state index contributed by atoms with van der Waals surface area (Å²) in [5, 5.41) is 14.1. The minimum Gasteiger partial charge on any atom is -0.507 e. The van der Waals surface area contributed by atoms with Gasteiger partial charge in [0, 0.05) is 0 Å². The number of nitrogens with one attached hydrogen (secondary N) is 1. The fraction of sp³-hybridized carbons (Fsp3) is 0.125. The zero-order valence-electron chi connectivity index (χ0n) is 6.80. The lowest BCUT2D eigenvalue weighted by atomic mass is 10.2. The first-order valence-corrected chi connectivity index (χ1v) is 3.32. The summed E-state index contributed by atoms with van der Waals surface area (Å²) in [5.41, 5.74) is -1.000. The van der Waals surface area contributed by atoms with Crippen LogP contribution in [0.1, 0.15) is 5.56 Å². The van der Waals surface area contributed by atoms with Gasteiger partial charge >= 0.3 is 6.18 Å². The third-order valence-corrected chi connectivity index (χ3v) is 1.21. The van der Waals surface area contributed by atoms with E-state index >= 15 is 0 Å². The number of benzene rings is 1. The van der Waals surface area contributed by atoms with Crippen molar-refractivity contribution in [3.8, 4) is 5.75 Å². The number of isocyanates is 1. The molecule has 0 radical (unpaired) electrons. The van der Waals surface area contributed by atoms with Crippen molar-refractivity contribution in [2.45, 2.75) is 6.18 Å². The fourth-order valence-electron chi connectivity index (χ4n) is 0.713. The van der Waals surface area contributed by atoms with Crippen molar-refractivity contribution in [1.29, 1.82) is 5.41 Å². The Kier molecular flexibility index (Phi) is 4.38. The molecule has 76 valence electrons. The van der Waals surface area contributed by atoms with E-state index in [0.29, 0.717) is 0 Å². The summed E-state index contributed by atoms with van der Waals surface area (Å²) in [6.45, 7) is 0. The van der Waals surface area contributed by atoms with Gasteiger partial charge in [0.05, 0.1) is 5.56 Å². The van der Waals surface area contributed by atoms with Gasteiger partial charge < -0.3 is 5.11 Å². The maximum atomic E-state index is 11.9. The van der Waals surface area contributed by atoms with Crippen molar-refractivity contribution in [2.24, 2.45) is 0 Å². The van der Waals surface area contributed by atoms with E-state index in [4.69, 9.17) is 15.3 Å². The van der Waals surface area contributed by atoms with E-state index in [9.17, 15) is 13.2 Å². The summed E-state index contributed by atoms with van der Waals surface area (Å²) in [6, 6.07) is 4.39. The molecule has 0 saturated carbocycles. The van der Waals surface area contributed by atoms with Crippen LogP contribution in [0, 0.1) is 5.41 Å². The smallest absolute Gasteiger partial charge is 0.419 e. The highest BCUT2D eigenvalue weighted by Crippen LogP contribution is 2.34. The molecule has 0 aliphatic heterocycles.